The predicted molar refractivity (Wildman–Crippen MR) is 117 cm³/mol. The molecule has 0 aliphatic rings. The first-order valence-corrected chi connectivity index (χ1v) is 9.68. The second kappa shape index (κ2) is 9.78. The largest absolute Gasteiger partial charge is 0.497 e. The summed E-state index contributed by atoms with van der Waals surface area (Å²) >= 11 is 0. The minimum absolute atomic E-state index is 0.0107. The first-order chi connectivity index (χ1) is 15.3. The second-order valence-electron chi connectivity index (χ2n) is 6.96. The molecule has 2 amide bonds. The molecule has 1 heterocycles. The van der Waals surface area contributed by atoms with E-state index in [1.165, 1.54) is 39.3 Å². The molecule has 0 aliphatic carbocycles. The minimum atomic E-state index is -1.05. The van der Waals surface area contributed by atoms with Crippen LogP contribution in [0, 0.1) is 0 Å². The third-order valence-corrected chi connectivity index (χ3v) is 4.72. The summed E-state index contributed by atoms with van der Waals surface area (Å²) in [6.45, 7) is 1.38. The van der Waals surface area contributed by atoms with E-state index in [0.717, 1.165) is 0 Å². The molecular weight excluding hydrogens is 416 g/mol. The van der Waals surface area contributed by atoms with E-state index < -0.39 is 23.5 Å². The van der Waals surface area contributed by atoms with Gasteiger partial charge >= 0.3 is 11.6 Å². The van der Waals surface area contributed by atoms with Gasteiger partial charge in [-0.2, -0.15) is 0 Å². The van der Waals surface area contributed by atoms with Crippen LogP contribution in [-0.2, 0) is 20.7 Å². The lowest BCUT2D eigenvalue weighted by Gasteiger charge is -2.17. The first-order valence-electron chi connectivity index (χ1n) is 9.68. The van der Waals surface area contributed by atoms with Gasteiger partial charge in [-0.05, 0) is 42.0 Å². The van der Waals surface area contributed by atoms with Crippen molar-refractivity contribution in [2.45, 2.75) is 19.4 Å². The van der Waals surface area contributed by atoms with Crippen LogP contribution in [0.1, 0.15) is 22.8 Å². The predicted octanol–water partition coefficient (Wildman–Crippen LogP) is 2.27. The number of hydrogen-bond donors (Lipinski definition) is 2. The highest BCUT2D eigenvalue weighted by atomic mass is 16.5. The molecule has 3 rings (SSSR count). The molecule has 0 spiro atoms. The van der Waals surface area contributed by atoms with Crippen molar-refractivity contribution in [1.82, 2.24) is 5.32 Å². The van der Waals surface area contributed by atoms with E-state index in [9.17, 15) is 19.2 Å². The summed E-state index contributed by atoms with van der Waals surface area (Å²) in [6.07, 6.45) is 0.0107. The second-order valence-corrected chi connectivity index (χ2v) is 6.96. The molecular formula is C23H22N2O7. The van der Waals surface area contributed by atoms with E-state index in [-0.39, 0.29) is 17.9 Å². The summed E-state index contributed by atoms with van der Waals surface area (Å²) in [4.78, 5) is 48.3. The van der Waals surface area contributed by atoms with Crippen molar-refractivity contribution in [3.05, 3.63) is 70.1 Å². The van der Waals surface area contributed by atoms with Gasteiger partial charge < -0.3 is 24.5 Å². The highest BCUT2D eigenvalue weighted by molar-refractivity contribution is 5.98. The van der Waals surface area contributed by atoms with Crippen LogP contribution in [0.15, 0.2) is 57.7 Å². The summed E-state index contributed by atoms with van der Waals surface area (Å²) in [6, 6.07) is 11.4. The van der Waals surface area contributed by atoms with Crippen LogP contribution >= 0.6 is 0 Å². The Morgan fingerprint density at radius 3 is 2.38 bits per heavy atom. The van der Waals surface area contributed by atoms with Crippen molar-refractivity contribution in [1.29, 1.82) is 0 Å². The lowest BCUT2D eigenvalue weighted by molar-refractivity contribution is -0.142. The molecule has 0 unspecified atom stereocenters. The summed E-state index contributed by atoms with van der Waals surface area (Å²) in [5, 5.41) is 5.86. The molecule has 0 bridgehead atoms. The fraction of sp³-hybridized carbons (Fsp3) is 0.217. The molecule has 0 fully saturated rings. The van der Waals surface area contributed by atoms with E-state index in [0.29, 0.717) is 28.0 Å². The zero-order valence-corrected chi connectivity index (χ0v) is 17.8. The molecule has 9 nitrogen and oxygen atoms in total. The van der Waals surface area contributed by atoms with Gasteiger partial charge in [-0.3, -0.25) is 9.59 Å². The van der Waals surface area contributed by atoms with E-state index in [4.69, 9.17) is 13.9 Å². The number of rotatable bonds is 7. The summed E-state index contributed by atoms with van der Waals surface area (Å²) in [5.74, 6) is -0.893. The van der Waals surface area contributed by atoms with Crippen molar-refractivity contribution >= 4 is 34.4 Å². The lowest BCUT2D eigenvalue weighted by Crippen LogP contribution is -2.43. The average molecular weight is 438 g/mol. The molecule has 2 aromatic carbocycles. The van der Waals surface area contributed by atoms with E-state index >= 15 is 0 Å². The van der Waals surface area contributed by atoms with E-state index in [1.54, 1.807) is 30.3 Å². The minimum Gasteiger partial charge on any atom is -0.497 e. The van der Waals surface area contributed by atoms with Crippen molar-refractivity contribution in [2.24, 2.45) is 0 Å². The number of ether oxygens (including phenoxy) is 2. The summed E-state index contributed by atoms with van der Waals surface area (Å²) < 4.78 is 15.2. The van der Waals surface area contributed by atoms with Crippen LogP contribution in [0.4, 0.5) is 5.69 Å². The number of nitrogens with one attached hydrogen (secondary N) is 2. The van der Waals surface area contributed by atoms with E-state index in [2.05, 4.69) is 10.6 Å². The Morgan fingerprint density at radius 1 is 1.03 bits per heavy atom. The lowest BCUT2D eigenvalue weighted by atomic mass is 10.0. The normalized spacial score (nSPS) is 11.5. The monoisotopic (exact) mass is 438 g/mol. The van der Waals surface area contributed by atoms with Gasteiger partial charge in [0.25, 0.3) is 5.91 Å². The highest BCUT2D eigenvalue weighted by Gasteiger charge is 2.24. The van der Waals surface area contributed by atoms with Crippen LogP contribution in [0.5, 0.6) is 5.75 Å². The van der Waals surface area contributed by atoms with Crippen LogP contribution in [0.2, 0.25) is 0 Å². The molecule has 32 heavy (non-hydrogen) atoms. The molecule has 166 valence electrons. The van der Waals surface area contributed by atoms with Crippen LogP contribution in [0.3, 0.4) is 0 Å². The molecule has 0 saturated heterocycles. The maximum atomic E-state index is 12.7. The molecule has 0 radical (unpaired) electrons. The quantitative estimate of drug-likeness (QED) is 0.428. The van der Waals surface area contributed by atoms with Gasteiger partial charge in [0.15, 0.2) is 0 Å². The van der Waals surface area contributed by atoms with Crippen molar-refractivity contribution < 1.29 is 28.3 Å². The van der Waals surface area contributed by atoms with Gasteiger partial charge in [-0.15, -0.1) is 0 Å². The Balaban J connectivity index is 1.86. The van der Waals surface area contributed by atoms with Gasteiger partial charge in [-0.1, -0.05) is 0 Å². The highest BCUT2D eigenvalue weighted by Crippen LogP contribution is 2.23. The number of fused-ring (bicyclic) bond motifs is 1. The van der Waals surface area contributed by atoms with Crippen molar-refractivity contribution in [3.8, 4) is 5.75 Å². The zero-order valence-electron chi connectivity index (χ0n) is 17.8. The molecule has 9 heteroatoms. The molecule has 3 aromatic rings. The number of carbonyl (C=O) groups is 3. The number of esters is 1. The third kappa shape index (κ3) is 5.31. The summed E-state index contributed by atoms with van der Waals surface area (Å²) in [5.41, 5.74) is 1.04. The Morgan fingerprint density at radius 2 is 1.75 bits per heavy atom. The smallest absolute Gasteiger partial charge is 0.336 e. The molecule has 2 N–H and O–H groups in total. The third-order valence-electron chi connectivity index (χ3n) is 4.72. The average Bonchev–Trinajstić information content (AvgIpc) is 2.77. The summed E-state index contributed by atoms with van der Waals surface area (Å²) in [7, 11) is 2.71. The molecule has 1 atom stereocenters. The van der Waals surface area contributed by atoms with Crippen molar-refractivity contribution in [2.75, 3.05) is 19.5 Å². The molecule has 0 aliphatic heterocycles. The Labute approximate surface area is 183 Å². The number of amides is 2. The molecule has 1 aromatic heterocycles. The maximum Gasteiger partial charge on any atom is 0.336 e. The number of benzene rings is 2. The molecule has 0 saturated carbocycles. The number of methoxy groups -OCH3 is 2. The topological polar surface area (TPSA) is 124 Å². The fourth-order valence-corrected chi connectivity index (χ4v) is 3.21. The van der Waals surface area contributed by atoms with Crippen molar-refractivity contribution in [3.63, 3.8) is 0 Å². The zero-order chi connectivity index (χ0) is 23.3. The van der Waals surface area contributed by atoms with Crippen LogP contribution in [0.25, 0.3) is 11.0 Å². The number of anilines is 1. The van der Waals surface area contributed by atoms with Crippen LogP contribution in [-0.4, -0.2) is 38.0 Å². The Bertz CT molecular complexity index is 1220. The standard InChI is InChI=1S/C23H22N2O7/c1-13(26)24-16-6-4-14(5-7-16)22(28)25-19(23(29)31-3)10-15-11-21(27)32-20-12-17(30-2)8-9-18(15)20/h4-9,11-12,19H,10H2,1-3H3,(H,24,26)(H,25,28)/t19-/m1/s1. The van der Waals surface area contributed by atoms with Gasteiger partial charge in [0.05, 0.1) is 14.2 Å². The Hall–Kier alpha value is -4.14. The van der Waals surface area contributed by atoms with Gasteiger partial charge in [-0.25, -0.2) is 9.59 Å². The van der Waals surface area contributed by atoms with Gasteiger partial charge in [0.1, 0.15) is 17.4 Å². The Kier molecular flexibility index (Phi) is 6.89. The van der Waals surface area contributed by atoms with E-state index in [1.807, 2.05) is 0 Å². The van der Waals surface area contributed by atoms with Gasteiger partial charge in [0, 0.05) is 42.1 Å². The maximum absolute atomic E-state index is 12.7. The number of carbonyl (C=O) groups excluding carboxylic acids is 3. The van der Waals surface area contributed by atoms with Gasteiger partial charge in [0.2, 0.25) is 5.91 Å². The SMILES string of the molecule is COC(=O)[C@@H](Cc1cc(=O)oc2cc(OC)ccc12)NC(=O)c1ccc(NC(C)=O)cc1. The van der Waals surface area contributed by atoms with Crippen LogP contribution < -0.4 is 21.0 Å². The number of hydrogen-bond acceptors (Lipinski definition) is 7. The fourth-order valence-electron chi connectivity index (χ4n) is 3.21. The first kappa shape index (κ1) is 22.5.